The van der Waals surface area contributed by atoms with E-state index in [4.69, 9.17) is 0 Å². The van der Waals surface area contributed by atoms with E-state index in [2.05, 4.69) is 13.8 Å². The maximum atomic E-state index is 12.9. The second kappa shape index (κ2) is 5.65. The lowest BCUT2D eigenvalue weighted by Gasteiger charge is -2.23. The minimum Gasteiger partial charge on any atom is -0.268 e. The highest BCUT2D eigenvalue weighted by atomic mass is 16.2. The van der Waals surface area contributed by atoms with E-state index in [0.717, 1.165) is 28.8 Å². The number of rotatable bonds is 3. The lowest BCUT2D eigenvalue weighted by molar-refractivity contribution is 0.0925. The first-order chi connectivity index (χ1) is 11.0. The van der Waals surface area contributed by atoms with Crippen LogP contribution < -0.4 is 4.90 Å². The molecule has 0 bridgehead atoms. The van der Waals surface area contributed by atoms with Gasteiger partial charge in [-0.2, -0.15) is 0 Å². The summed E-state index contributed by atoms with van der Waals surface area (Å²) in [6.07, 6.45) is 0.780. The molecule has 0 fully saturated rings. The van der Waals surface area contributed by atoms with E-state index in [9.17, 15) is 9.59 Å². The molecule has 0 saturated carbocycles. The summed E-state index contributed by atoms with van der Waals surface area (Å²) in [6, 6.07) is 11.4. The summed E-state index contributed by atoms with van der Waals surface area (Å²) in [6.45, 7) is 8.15. The fourth-order valence-corrected chi connectivity index (χ4v) is 3.19. The fraction of sp³-hybridized carbons (Fsp3) is 0.300. The first-order valence-corrected chi connectivity index (χ1v) is 8.07. The van der Waals surface area contributed by atoms with Crippen molar-refractivity contribution in [3.63, 3.8) is 0 Å². The third-order valence-corrected chi connectivity index (χ3v) is 4.42. The molecule has 0 radical (unpaired) electrons. The Hall–Kier alpha value is -2.42. The molecule has 2 aromatic rings. The average Bonchev–Trinajstić information content (AvgIpc) is 2.77. The molecule has 0 aromatic heterocycles. The fourth-order valence-electron chi connectivity index (χ4n) is 3.19. The van der Waals surface area contributed by atoms with Gasteiger partial charge in [-0.25, -0.2) is 4.90 Å². The summed E-state index contributed by atoms with van der Waals surface area (Å²) in [5.41, 5.74) is 4.84. The smallest absolute Gasteiger partial charge is 0.266 e. The van der Waals surface area contributed by atoms with E-state index in [0.29, 0.717) is 11.1 Å². The second-order valence-electron chi connectivity index (χ2n) is 6.36. The number of nitrogens with zero attached hydrogens (tertiary/aromatic N) is 1. The average molecular weight is 307 g/mol. The van der Waals surface area contributed by atoms with Crippen LogP contribution in [0.15, 0.2) is 36.4 Å². The summed E-state index contributed by atoms with van der Waals surface area (Å²) in [5.74, 6) is -0.188. The standard InChI is InChI=1S/C20H21NO2/c1-5-14-7-6-8-15(12(2)3)18(14)21-19(22)16-10-9-13(4)11-17(16)20(21)23/h6-12H,5H2,1-4H3. The van der Waals surface area contributed by atoms with Gasteiger partial charge < -0.3 is 0 Å². The summed E-state index contributed by atoms with van der Waals surface area (Å²) < 4.78 is 0. The normalized spacial score (nSPS) is 13.9. The van der Waals surface area contributed by atoms with Crippen LogP contribution in [0.5, 0.6) is 0 Å². The highest BCUT2D eigenvalue weighted by Crippen LogP contribution is 2.37. The largest absolute Gasteiger partial charge is 0.268 e. The molecule has 3 nitrogen and oxygen atoms in total. The monoisotopic (exact) mass is 307 g/mol. The highest BCUT2D eigenvalue weighted by molar-refractivity contribution is 6.35. The first kappa shape index (κ1) is 15.5. The number of benzene rings is 2. The molecule has 0 N–H and O–H groups in total. The Kier molecular flexibility index (Phi) is 3.80. The molecule has 0 aliphatic carbocycles. The topological polar surface area (TPSA) is 37.4 Å². The zero-order chi connectivity index (χ0) is 16.7. The zero-order valence-electron chi connectivity index (χ0n) is 14.0. The lowest BCUT2D eigenvalue weighted by Crippen LogP contribution is -2.31. The van der Waals surface area contributed by atoms with Crippen LogP contribution in [0, 0.1) is 6.92 Å². The van der Waals surface area contributed by atoms with Crippen molar-refractivity contribution in [2.45, 2.75) is 40.0 Å². The van der Waals surface area contributed by atoms with Crippen LogP contribution in [0.4, 0.5) is 5.69 Å². The number of carbonyl (C=O) groups excluding carboxylic acids is 2. The quantitative estimate of drug-likeness (QED) is 0.784. The van der Waals surface area contributed by atoms with Gasteiger partial charge in [0.25, 0.3) is 11.8 Å². The van der Waals surface area contributed by atoms with Crippen LogP contribution in [-0.2, 0) is 6.42 Å². The van der Waals surface area contributed by atoms with Gasteiger partial charge in [0.15, 0.2) is 0 Å². The Labute approximate surface area is 136 Å². The molecule has 1 heterocycles. The number of para-hydroxylation sites is 1. The van der Waals surface area contributed by atoms with E-state index in [-0.39, 0.29) is 17.7 Å². The van der Waals surface area contributed by atoms with Gasteiger partial charge in [0, 0.05) is 0 Å². The first-order valence-electron chi connectivity index (χ1n) is 8.07. The molecule has 1 aliphatic rings. The predicted octanol–water partition coefficient (Wildman–Crippen LogP) is 4.48. The molecule has 0 unspecified atom stereocenters. The van der Waals surface area contributed by atoms with Gasteiger partial charge in [-0.15, -0.1) is 0 Å². The van der Waals surface area contributed by atoms with Gasteiger partial charge in [0.05, 0.1) is 16.8 Å². The maximum Gasteiger partial charge on any atom is 0.266 e. The SMILES string of the molecule is CCc1cccc(C(C)C)c1N1C(=O)c2ccc(C)cc2C1=O. The Balaban J connectivity index is 2.21. The van der Waals surface area contributed by atoms with Crippen molar-refractivity contribution in [3.05, 3.63) is 64.2 Å². The molecular formula is C20H21NO2. The van der Waals surface area contributed by atoms with Crippen LogP contribution in [-0.4, -0.2) is 11.8 Å². The molecule has 3 heteroatoms. The van der Waals surface area contributed by atoms with Gasteiger partial charge in [-0.3, -0.25) is 9.59 Å². The third-order valence-electron chi connectivity index (χ3n) is 4.42. The van der Waals surface area contributed by atoms with E-state index >= 15 is 0 Å². The number of amides is 2. The number of hydrogen-bond acceptors (Lipinski definition) is 2. The van der Waals surface area contributed by atoms with Gasteiger partial charge >= 0.3 is 0 Å². The van der Waals surface area contributed by atoms with Crippen molar-refractivity contribution < 1.29 is 9.59 Å². The molecular weight excluding hydrogens is 286 g/mol. The van der Waals surface area contributed by atoms with Crippen LogP contribution in [0.25, 0.3) is 0 Å². The lowest BCUT2D eigenvalue weighted by atomic mass is 9.95. The maximum absolute atomic E-state index is 12.9. The van der Waals surface area contributed by atoms with Crippen LogP contribution in [0.2, 0.25) is 0 Å². The summed E-state index contributed by atoms with van der Waals surface area (Å²) in [4.78, 5) is 27.1. The van der Waals surface area contributed by atoms with Crippen LogP contribution >= 0.6 is 0 Å². The molecule has 118 valence electrons. The van der Waals surface area contributed by atoms with Gasteiger partial charge in [-0.05, 0) is 42.5 Å². The van der Waals surface area contributed by atoms with Crippen molar-refractivity contribution in [1.82, 2.24) is 0 Å². The minimum absolute atomic E-state index is 0.212. The van der Waals surface area contributed by atoms with E-state index < -0.39 is 0 Å². The van der Waals surface area contributed by atoms with E-state index in [1.807, 2.05) is 38.1 Å². The molecule has 0 saturated heterocycles. The Morgan fingerprint density at radius 3 is 2.35 bits per heavy atom. The molecule has 3 rings (SSSR count). The molecule has 0 spiro atoms. The Morgan fingerprint density at radius 1 is 1.00 bits per heavy atom. The third kappa shape index (κ3) is 2.37. The molecule has 1 aliphatic heterocycles. The van der Waals surface area contributed by atoms with E-state index in [1.165, 1.54) is 4.90 Å². The van der Waals surface area contributed by atoms with E-state index in [1.54, 1.807) is 12.1 Å². The van der Waals surface area contributed by atoms with Crippen molar-refractivity contribution >= 4 is 17.5 Å². The van der Waals surface area contributed by atoms with Gasteiger partial charge in [0.1, 0.15) is 0 Å². The number of anilines is 1. The minimum atomic E-state index is -0.215. The van der Waals surface area contributed by atoms with Crippen molar-refractivity contribution in [2.75, 3.05) is 4.90 Å². The second-order valence-corrected chi connectivity index (χ2v) is 6.36. The Bertz CT molecular complexity index is 805. The zero-order valence-corrected chi connectivity index (χ0v) is 14.0. The molecule has 0 atom stereocenters. The van der Waals surface area contributed by atoms with Crippen molar-refractivity contribution in [2.24, 2.45) is 0 Å². The summed E-state index contributed by atoms with van der Waals surface area (Å²) in [5, 5.41) is 0. The molecule has 23 heavy (non-hydrogen) atoms. The van der Waals surface area contributed by atoms with Crippen molar-refractivity contribution in [3.8, 4) is 0 Å². The predicted molar refractivity (Wildman–Crippen MR) is 92.2 cm³/mol. The summed E-state index contributed by atoms with van der Waals surface area (Å²) in [7, 11) is 0. The van der Waals surface area contributed by atoms with Gasteiger partial charge in [0.2, 0.25) is 0 Å². The number of carbonyl (C=O) groups is 2. The van der Waals surface area contributed by atoms with Crippen LogP contribution in [0.1, 0.15) is 64.1 Å². The number of hydrogen-bond donors (Lipinski definition) is 0. The van der Waals surface area contributed by atoms with Crippen LogP contribution in [0.3, 0.4) is 0 Å². The van der Waals surface area contributed by atoms with Crippen molar-refractivity contribution in [1.29, 1.82) is 0 Å². The summed E-state index contributed by atoms with van der Waals surface area (Å²) >= 11 is 0. The Morgan fingerprint density at radius 2 is 1.70 bits per heavy atom. The molecule has 2 amide bonds. The number of fused-ring (bicyclic) bond motifs is 1. The van der Waals surface area contributed by atoms with Gasteiger partial charge in [-0.1, -0.05) is 50.6 Å². The number of aryl methyl sites for hydroxylation is 2. The highest BCUT2D eigenvalue weighted by Gasteiger charge is 2.38. The number of imide groups is 1. The molecule has 2 aromatic carbocycles.